The van der Waals surface area contributed by atoms with Gasteiger partial charge < -0.3 is 4.74 Å². The van der Waals surface area contributed by atoms with Gasteiger partial charge in [0.2, 0.25) is 10.0 Å². The van der Waals surface area contributed by atoms with E-state index in [1.807, 2.05) is 0 Å². The summed E-state index contributed by atoms with van der Waals surface area (Å²) in [6.45, 7) is 0.378. The molecule has 0 spiro atoms. The van der Waals surface area contributed by atoms with Crippen molar-refractivity contribution in [1.29, 1.82) is 0 Å². The summed E-state index contributed by atoms with van der Waals surface area (Å²) in [5.41, 5.74) is 0.208. The molecule has 2 N–H and O–H groups in total. The quantitative estimate of drug-likeness (QED) is 0.833. The average Bonchev–Trinajstić information content (AvgIpc) is 2.31. The highest BCUT2D eigenvalue weighted by Gasteiger charge is 2.18. The van der Waals surface area contributed by atoms with Gasteiger partial charge in [0, 0.05) is 0 Å². The maximum atomic E-state index is 11.8. The second-order valence-corrected chi connectivity index (χ2v) is 6.36. The van der Waals surface area contributed by atoms with Gasteiger partial charge in [0.1, 0.15) is 0 Å². The molecule has 2 rings (SSSR count). The number of primary sulfonamides is 1. The van der Waals surface area contributed by atoms with Crippen molar-refractivity contribution in [2.75, 3.05) is 6.61 Å². The Kier molecular flexibility index (Phi) is 4.21. The normalized spacial score (nSPS) is 15.8. The monoisotopic (exact) mass is 283 g/mol. The van der Waals surface area contributed by atoms with E-state index in [-0.39, 0.29) is 10.5 Å². The molecule has 6 heteroatoms. The topological polar surface area (TPSA) is 86.5 Å². The number of rotatable bonds is 5. The standard InChI is InChI=1S/C13H17NO4S/c14-19(16,17)12-6-2-5-11(9-12)13(15)18-8-7-10-3-1-4-10/h2,5-6,9-10H,1,3-4,7-8H2,(H2,14,16,17). The molecule has 0 heterocycles. The number of hydrogen-bond donors (Lipinski definition) is 1. The number of benzene rings is 1. The number of nitrogens with two attached hydrogens (primary N) is 1. The molecule has 104 valence electrons. The van der Waals surface area contributed by atoms with Gasteiger partial charge in [-0.2, -0.15) is 0 Å². The summed E-state index contributed by atoms with van der Waals surface area (Å²) >= 11 is 0. The molecule has 0 unspecified atom stereocenters. The highest BCUT2D eigenvalue weighted by atomic mass is 32.2. The van der Waals surface area contributed by atoms with Gasteiger partial charge in [-0.1, -0.05) is 25.3 Å². The van der Waals surface area contributed by atoms with Crippen LogP contribution in [0, 0.1) is 5.92 Å². The van der Waals surface area contributed by atoms with E-state index in [9.17, 15) is 13.2 Å². The zero-order valence-electron chi connectivity index (χ0n) is 10.5. The Labute approximate surface area is 112 Å². The minimum Gasteiger partial charge on any atom is -0.462 e. The van der Waals surface area contributed by atoms with Crippen LogP contribution < -0.4 is 5.14 Å². The van der Waals surface area contributed by atoms with Crippen LogP contribution in [-0.2, 0) is 14.8 Å². The van der Waals surface area contributed by atoms with Crippen molar-refractivity contribution >= 4 is 16.0 Å². The van der Waals surface area contributed by atoms with Crippen molar-refractivity contribution in [3.63, 3.8) is 0 Å². The lowest BCUT2D eigenvalue weighted by molar-refractivity contribution is 0.0464. The van der Waals surface area contributed by atoms with Crippen molar-refractivity contribution in [3.05, 3.63) is 29.8 Å². The summed E-state index contributed by atoms with van der Waals surface area (Å²) in [5.74, 6) is 0.161. The smallest absolute Gasteiger partial charge is 0.338 e. The number of carbonyl (C=O) groups is 1. The van der Waals surface area contributed by atoms with Gasteiger partial charge in [-0.15, -0.1) is 0 Å². The lowest BCUT2D eigenvalue weighted by Crippen LogP contribution is -2.16. The lowest BCUT2D eigenvalue weighted by atomic mass is 9.83. The van der Waals surface area contributed by atoms with Crippen LogP contribution in [0.1, 0.15) is 36.0 Å². The second-order valence-electron chi connectivity index (χ2n) is 4.79. The first-order valence-electron chi connectivity index (χ1n) is 6.27. The summed E-state index contributed by atoms with van der Waals surface area (Å²) in [6.07, 6.45) is 4.55. The first kappa shape index (κ1) is 14.0. The maximum Gasteiger partial charge on any atom is 0.338 e. The summed E-state index contributed by atoms with van der Waals surface area (Å²) in [5, 5.41) is 5.01. The van der Waals surface area contributed by atoms with Gasteiger partial charge in [0.25, 0.3) is 0 Å². The van der Waals surface area contributed by atoms with Gasteiger partial charge in [-0.25, -0.2) is 18.4 Å². The van der Waals surface area contributed by atoms with Crippen LogP contribution in [0.15, 0.2) is 29.2 Å². The zero-order valence-corrected chi connectivity index (χ0v) is 11.4. The SMILES string of the molecule is NS(=O)(=O)c1cccc(C(=O)OCCC2CCC2)c1. The Balaban J connectivity index is 1.94. The van der Waals surface area contributed by atoms with Crippen molar-refractivity contribution in [2.24, 2.45) is 11.1 Å². The van der Waals surface area contributed by atoms with Crippen LogP contribution in [0.5, 0.6) is 0 Å². The van der Waals surface area contributed by atoms with Crippen molar-refractivity contribution < 1.29 is 17.9 Å². The Morgan fingerprint density at radius 2 is 2.11 bits per heavy atom. The molecular weight excluding hydrogens is 266 g/mol. The molecule has 1 aromatic rings. The largest absolute Gasteiger partial charge is 0.462 e. The minimum atomic E-state index is -3.80. The number of carbonyl (C=O) groups excluding carboxylic acids is 1. The zero-order chi connectivity index (χ0) is 13.9. The Morgan fingerprint density at radius 3 is 2.68 bits per heavy atom. The Hall–Kier alpha value is -1.40. The van der Waals surface area contributed by atoms with Gasteiger partial charge in [-0.05, 0) is 30.5 Å². The summed E-state index contributed by atoms with van der Waals surface area (Å²) in [7, 11) is -3.80. The van der Waals surface area contributed by atoms with Crippen LogP contribution in [0.2, 0.25) is 0 Å². The van der Waals surface area contributed by atoms with Crippen molar-refractivity contribution in [2.45, 2.75) is 30.6 Å². The summed E-state index contributed by atoms with van der Waals surface area (Å²) in [6, 6.07) is 5.57. The molecular formula is C13H17NO4S. The fourth-order valence-corrected chi connectivity index (χ4v) is 2.54. The molecule has 0 radical (unpaired) electrons. The fraction of sp³-hybridized carbons (Fsp3) is 0.462. The molecule has 1 fully saturated rings. The molecule has 0 atom stereocenters. The van der Waals surface area contributed by atoms with E-state index in [1.165, 1.54) is 43.5 Å². The predicted molar refractivity (Wildman–Crippen MR) is 70.1 cm³/mol. The van der Waals surface area contributed by atoms with Crippen LogP contribution in [0.3, 0.4) is 0 Å². The van der Waals surface area contributed by atoms with Gasteiger partial charge in [-0.3, -0.25) is 0 Å². The van der Waals surface area contributed by atoms with Crippen LogP contribution in [0.25, 0.3) is 0 Å². The molecule has 1 aromatic carbocycles. The predicted octanol–water partition coefficient (Wildman–Crippen LogP) is 1.68. The van der Waals surface area contributed by atoms with Gasteiger partial charge in [0.05, 0.1) is 17.1 Å². The third kappa shape index (κ3) is 3.78. The molecule has 0 aromatic heterocycles. The Morgan fingerprint density at radius 1 is 1.37 bits per heavy atom. The minimum absolute atomic E-state index is 0.0825. The number of hydrogen-bond acceptors (Lipinski definition) is 4. The first-order chi connectivity index (χ1) is 8.97. The van der Waals surface area contributed by atoms with Crippen molar-refractivity contribution in [3.8, 4) is 0 Å². The molecule has 5 nitrogen and oxygen atoms in total. The van der Waals surface area contributed by atoms with E-state index in [2.05, 4.69) is 0 Å². The van der Waals surface area contributed by atoms with Crippen molar-refractivity contribution in [1.82, 2.24) is 0 Å². The van der Waals surface area contributed by atoms with E-state index in [0.29, 0.717) is 12.5 Å². The fourth-order valence-electron chi connectivity index (χ4n) is 1.98. The maximum absolute atomic E-state index is 11.8. The molecule has 1 aliphatic carbocycles. The summed E-state index contributed by atoms with van der Waals surface area (Å²) in [4.78, 5) is 11.7. The molecule has 0 aliphatic heterocycles. The molecule has 0 amide bonds. The number of ether oxygens (including phenoxy) is 1. The molecule has 1 aliphatic rings. The molecule has 0 saturated heterocycles. The van der Waals surface area contributed by atoms with Gasteiger partial charge in [0.15, 0.2) is 0 Å². The second kappa shape index (κ2) is 5.71. The van der Waals surface area contributed by atoms with Crippen LogP contribution >= 0.6 is 0 Å². The third-order valence-electron chi connectivity index (χ3n) is 3.38. The average molecular weight is 283 g/mol. The summed E-state index contributed by atoms with van der Waals surface area (Å²) < 4.78 is 27.5. The highest BCUT2D eigenvalue weighted by Crippen LogP contribution is 2.29. The molecule has 1 saturated carbocycles. The molecule has 0 bridgehead atoms. The van der Waals surface area contributed by atoms with Gasteiger partial charge >= 0.3 is 5.97 Å². The van der Waals surface area contributed by atoms with Crippen LogP contribution in [-0.4, -0.2) is 21.0 Å². The number of esters is 1. The number of sulfonamides is 1. The van der Waals surface area contributed by atoms with E-state index < -0.39 is 16.0 Å². The van der Waals surface area contributed by atoms with Crippen LogP contribution in [0.4, 0.5) is 0 Å². The van der Waals surface area contributed by atoms with E-state index in [0.717, 1.165) is 6.42 Å². The first-order valence-corrected chi connectivity index (χ1v) is 7.81. The third-order valence-corrected chi connectivity index (χ3v) is 4.29. The lowest BCUT2D eigenvalue weighted by Gasteiger charge is -2.24. The van der Waals surface area contributed by atoms with E-state index >= 15 is 0 Å². The Bertz CT molecular complexity index is 564. The van der Waals surface area contributed by atoms with E-state index in [1.54, 1.807) is 0 Å². The molecule has 19 heavy (non-hydrogen) atoms. The van der Waals surface area contributed by atoms with E-state index in [4.69, 9.17) is 9.88 Å². The highest BCUT2D eigenvalue weighted by molar-refractivity contribution is 7.89.